The number of benzene rings is 1. The maximum Gasteiger partial charge on any atom is 0.319 e. The monoisotopic (exact) mass is 763 g/mol. The van der Waals surface area contributed by atoms with Crippen molar-refractivity contribution < 1.29 is 38.4 Å². The van der Waals surface area contributed by atoms with Gasteiger partial charge in [-0.3, -0.25) is 19.3 Å². The molecule has 3 fully saturated rings. The van der Waals surface area contributed by atoms with Gasteiger partial charge in [-0.25, -0.2) is 0 Å². The molecule has 12 heteroatoms. The van der Waals surface area contributed by atoms with Crippen molar-refractivity contribution in [2.24, 2.45) is 23.2 Å². The summed E-state index contributed by atoms with van der Waals surface area (Å²) < 4.78 is 25.3. The average molecular weight is 764 g/mol. The largest absolute Gasteiger partial charge is 0.463 e. The predicted octanol–water partition coefficient (Wildman–Crippen LogP) is 5.69. The van der Waals surface area contributed by atoms with Gasteiger partial charge in [0.25, 0.3) is 5.91 Å². The van der Waals surface area contributed by atoms with Gasteiger partial charge in [0.1, 0.15) is 18.1 Å². The molecule has 11 nitrogen and oxygen atoms in total. The van der Waals surface area contributed by atoms with Crippen molar-refractivity contribution in [2.75, 3.05) is 54.0 Å². The molecule has 9 atom stereocenters. The molecule has 1 amide bonds. The third-order valence-electron chi connectivity index (χ3n) is 11.9. The van der Waals surface area contributed by atoms with Crippen molar-refractivity contribution in [1.82, 2.24) is 14.7 Å². The van der Waals surface area contributed by atoms with E-state index >= 15 is 0 Å². The average Bonchev–Trinajstić information content (AvgIpc) is 3.11. The van der Waals surface area contributed by atoms with E-state index < -0.39 is 41.4 Å². The summed E-state index contributed by atoms with van der Waals surface area (Å²) in [5.74, 6) is -1.25. The Balaban J connectivity index is 1.59. The summed E-state index contributed by atoms with van der Waals surface area (Å²) in [5, 5.41) is 12.0. The van der Waals surface area contributed by atoms with Crippen LogP contribution in [-0.2, 0) is 28.5 Å². The van der Waals surface area contributed by atoms with Gasteiger partial charge >= 0.3 is 5.97 Å². The number of carbonyl (C=O) groups is 3. The highest BCUT2D eigenvalue weighted by Gasteiger charge is 2.51. The Morgan fingerprint density at radius 3 is 2.40 bits per heavy atom. The Hall–Kier alpha value is -2.12. The third kappa shape index (κ3) is 10.6. The minimum absolute atomic E-state index is 0.00965. The van der Waals surface area contributed by atoms with Crippen LogP contribution in [0.1, 0.15) is 97.3 Å². The molecule has 1 aromatic carbocycles. The standard InChI is InChI=1S/C41H66ClN3O8/c1-11-17-45-24-26(2)23-41(7,50-10)36(53-38-34(46)33(43(8)9)20-27(3)52-38)28(4)35(47)40(5,6)39(49)51-25-32(45)21-29-15-18-44(19-16-29)37(48)30-13-12-14-31(42)22-30/h12-14,22,26-29,32-34,36,38,46H,11,15-21,23-25H2,1-10H3/t26-,27-,28+,32-,33+,34-,36-,38+,41-/m1/s1. The zero-order chi connectivity index (χ0) is 39.2. The number of likely N-dealkylation sites (tertiary alicyclic amines) is 1. The molecular weight excluding hydrogens is 698 g/mol. The number of piperidine rings is 1. The van der Waals surface area contributed by atoms with Crippen LogP contribution in [0.4, 0.5) is 0 Å². The van der Waals surface area contributed by atoms with Crippen LogP contribution in [-0.4, -0.2) is 134 Å². The summed E-state index contributed by atoms with van der Waals surface area (Å²) in [7, 11) is 5.48. The fourth-order valence-corrected chi connectivity index (χ4v) is 9.01. The zero-order valence-corrected chi connectivity index (χ0v) is 34.6. The lowest BCUT2D eigenvalue weighted by molar-refractivity contribution is -0.295. The van der Waals surface area contributed by atoms with E-state index in [4.69, 9.17) is 30.5 Å². The molecule has 0 aromatic heterocycles. The van der Waals surface area contributed by atoms with E-state index in [1.807, 2.05) is 37.7 Å². The van der Waals surface area contributed by atoms with E-state index in [2.05, 4.69) is 18.7 Å². The Kier molecular flexibility index (Phi) is 15.4. The van der Waals surface area contributed by atoms with Crippen molar-refractivity contribution in [2.45, 2.75) is 129 Å². The van der Waals surface area contributed by atoms with Crippen LogP contribution in [0.3, 0.4) is 0 Å². The molecule has 1 aromatic rings. The van der Waals surface area contributed by atoms with Crippen molar-refractivity contribution in [1.29, 1.82) is 0 Å². The number of aliphatic hydroxyl groups excluding tert-OH is 1. The van der Waals surface area contributed by atoms with Crippen LogP contribution in [0.5, 0.6) is 0 Å². The molecule has 300 valence electrons. The molecule has 0 saturated carbocycles. The first-order valence-electron chi connectivity index (χ1n) is 19.6. The van der Waals surface area contributed by atoms with Crippen molar-refractivity contribution in [3.05, 3.63) is 34.9 Å². The van der Waals surface area contributed by atoms with Gasteiger partial charge in [0.2, 0.25) is 0 Å². The van der Waals surface area contributed by atoms with E-state index in [1.165, 1.54) is 0 Å². The van der Waals surface area contributed by atoms with Gasteiger partial charge < -0.3 is 33.9 Å². The molecule has 3 saturated heterocycles. The summed E-state index contributed by atoms with van der Waals surface area (Å²) in [4.78, 5) is 47.9. The highest BCUT2D eigenvalue weighted by molar-refractivity contribution is 6.30. The number of methoxy groups -OCH3 is 1. The number of esters is 1. The molecule has 0 unspecified atom stereocenters. The van der Waals surface area contributed by atoms with Gasteiger partial charge in [0.05, 0.1) is 17.8 Å². The number of Topliss-reactive ketones (excluding diaryl/α,β-unsaturated/α-hetero) is 1. The number of rotatable bonds is 9. The molecule has 4 rings (SSSR count). The van der Waals surface area contributed by atoms with E-state index in [-0.39, 0.29) is 42.4 Å². The molecule has 0 bridgehead atoms. The summed E-state index contributed by atoms with van der Waals surface area (Å²) in [6, 6.07) is 6.82. The number of ether oxygens (including phenoxy) is 4. The summed E-state index contributed by atoms with van der Waals surface area (Å²) in [6.07, 6.45) is 1.66. The van der Waals surface area contributed by atoms with Crippen LogP contribution in [0.2, 0.25) is 5.02 Å². The van der Waals surface area contributed by atoms with Gasteiger partial charge in [-0.2, -0.15) is 0 Å². The summed E-state index contributed by atoms with van der Waals surface area (Å²) >= 11 is 6.16. The fraction of sp³-hybridized carbons (Fsp3) is 0.780. The molecular formula is C41H66ClN3O8. The lowest BCUT2D eigenvalue weighted by Crippen LogP contribution is -2.59. The van der Waals surface area contributed by atoms with E-state index in [1.54, 1.807) is 52.1 Å². The lowest BCUT2D eigenvalue weighted by atomic mass is 9.74. The summed E-state index contributed by atoms with van der Waals surface area (Å²) in [5.41, 5.74) is -1.83. The van der Waals surface area contributed by atoms with Gasteiger partial charge in [0.15, 0.2) is 12.1 Å². The maximum absolute atomic E-state index is 14.4. The van der Waals surface area contributed by atoms with Gasteiger partial charge in [0, 0.05) is 55.3 Å². The van der Waals surface area contributed by atoms with Gasteiger partial charge in [-0.15, -0.1) is 0 Å². The molecule has 0 aliphatic carbocycles. The number of carbonyl (C=O) groups excluding carboxylic acids is 3. The highest BCUT2D eigenvalue weighted by Crippen LogP contribution is 2.39. The number of ketones is 1. The minimum atomic E-state index is -1.47. The first kappa shape index (κ1) is 43.6. The number of hydrogen-bond acceptors (Lipinski definition) is 10. The SMILES string of the molecule is CCCN1C[C@H](C)C[C@@](C)(OC)[C@H](O[C@@H]2O[C@H](C)C[C@H](N(C)C)[C@H]2O)[C@@H](C)C(=O)C(C)(C)C(=O)OC[C@H]1CC1CCN(C(=O)c2cccc(Cl)c2)CC1. The number of halogens is 1. The normalized spacial score (nSPS) is 34.2. The Labute approximate surface area is 323 Å². The number of nitrogens with zero attached hydrogens (tertiary/aromatic N) is 3. The van der Waals surface area contributed by atoms with Gasteiger partial charge in [-0.05, 0) is 117 Å². The Morgan fingerprint density at radius 2 is 1.79 bits per heavy atom. The number of amides is 1. The second kappa shape index (κ2) is 18.7. The van der Waals surface area contributed by atoms with E-state index in [0.29, 0.717) is 42.4 Å². The van der Waals surface area contributed by atoms with Crippen molar-refractivity contribution in [3.8, 4) is 0 Å². The van der Waals surface area contributed by atoms with Crippen LogP contribution in [0.15, 0.2) is 24.3 Å². The molecule has 3 aliphatic rings. The first-order valence-corrected chi connectivity index (χ1v) is 20.0. The second-order valence-electron chi connectivity index (χ2n) is 17.0. The molecule has 3 heterocycles. The van der Waals surface area contributed by atoms with Crippen LogP contribution in [0.25, 0.3) is 0 Å². The minimum Gasteiger partial charge on any atom is -0.463 e. The van der Waals surface area contributed by atoms with E-state index in [9.17, 15) is 19.5 Å². The first-order chi connectivity index (χ1) is 24.9. The zero-order valence-electron chi connectivity index (χ0n) is 33.8. The molecule has 3 aliphatic heterocycles. The number of cyclic esters (lactones) is 1. The van der Waals surface area contributed by atoms with Crippen molar-refractivity contribution in [3.63, 3.8) is 0 Å². The quantitative estimate of drug-likeness (QED) is 0.248. The summed E-state index contributed by atoms with van der Waals surface area (Å²) in [6.45, 7) is 16.3. The third-order valence-corrected chi connectivity index (χ3v) is 12.2. The van der Waals surface area contributed by atoms with Crippen molar-refractivity contribution >= 4 is 29.3 Å². The molecule has 0 radical (unpaired) electrons. The Morgan fingerprint density at radius 1 is 1.11 bits per heavy atom. The number of aliphatic hydroxyl groups is 1. The molecule has 0 spiro atoms. The van der Waals surface area contributed by atoms with Gasteiger partial charge in [-0.1, -0.05) is 38.4 Å². The molecule has 1 N–H and O–H groups in total. The smallest absolute Gasteiger partial charge is 0.319 e. The molecule has 53 heavy (non-hydrogen) atoms. The lowest BCUT2D eigenvalue weighted by Gasteiger charge is -2.47. The highest BCUT2D eigenvalue weighted by atomic mass is 35.5. The van der Waals surface area contributed by atoms with Crippen LogP contribution < -0.4 is 0 Å². The fourth-order valence-electron chi connectivity index (χ4n) is 8.82. The maximum atomic E-state index is 14.4. The Bertz CT molecular complexity index is 1390. The number of hydrogen-bond donors (Lipinski definition) is 1. The number of likely N-dealkylation sites (N-methyl/N-ethyl adjacent to an activating group) is 1. The topological polar surface area (TPSA) is 118 Å². The second-order valence-corrected chi connectivity index (χ2v) is 17.4. The predicted molar refractivity (Wildman–Crippen MR) is 206 cm³/mol. The van der Waals surface area contributed by atoms with Crippen LogP contribution >= 0.6 is 11.6 Å². The van der Waals surface area contributed by atoms with Crippen LogP contribution in [0, 0.1) is 23.2 Å². The van der Waals surface area contributed by atoms with E-state index in [0.717, 1.165) is 38.8 Å².